The molecule has 0 aliphatic carbocycles. The molecule has 0 spiro atoms. The van der Waals surface area contributed by atoms with E-state index in [9.17, 15) is 9.59 Å². The number of likely N-dealkylation sites (tertiary alicyclic amines) is 2. The third-order valence-corrected chi connectivity index (χ3v) is 7.60. The van der Waals surface area contributed by atoms with E-state index in [1.54, 1.807) is 17.5 Å². The molecule has 8 heteroatoms. The summed E-state index contributed by atoms with van der Waals surface area (Å²) in [6.45, 7) is 12.0. The van der Waals surface area contributed by atoms with Crippen molar-refractivity contribution in [2.75, 3.05) is 19.6 Å². The Morgan fingerprint density at radius 3 is 2.48 bits per heavy atom. The maximum atomic E-state index is 13.1. The van der Waals surface area contributed by atoms with Gasteiger partial charge >= 0.3 is 0 Å². The van der Waals surface area contributed by atoms with Crippen LogP contribution in [0.2, 0.25) is 0 Å². The third kappa shape index (κ3) is 4.49. The van der Waals surface area contributed by atoms with E-state index < -0.39 is 0 Å². The van der Waals surface area contributed by atoms with Gasteiger partial charge in [0.1, 0.15) is 5.82 Å². The van der Waals surface area contributed by atoms with Crippen molar-refractivity contribution >= 4 is 23.2 Å². The molecule has 4 heterocycles. The van der Waals surface area contributed by atoms with Crippen LogP contribution in [0.25, 0.3) is 10.6 Å². The lowest BCUT2D eigenvalue weighted by atomic mass is 9.96. The Kier molecular flexibility index (Phi) is 5.85. The molecule has 0 bridgehead atoms. The van der Waals surface area contributed by atoms with Crippen LogP contribution in [-0.2, 0) is 9.59 Å². The van der Waals surface area contributed by atoms with Crippen LogP contribution < -0.4 is 0 Å². The molecule has 166 valence electrons. The van der Waals surface area contributed by atoms with Crippen molar-refractivity contribution in [3.63, 3.8) is 0 Å². The van der Waals surface area contributed by atoms with Gasteiger partial charge in [0.05, 0.1) is 27.2 Å². The Morgan fingerprint density at radius 1 is 1.16 bits per heavy atom. The molecule has 0 aromatic carbocycles. The first-order valence-electron chi connectivity index (χ1n) is 11.0. The van der Waals surface area contributed by atoms with Gasteiger partial charge in [-0.3, -0.25) is 9.59 Å². The minimum Gasteiger partial charge on any atom is -0.342 e. The normalized spacial score (nSPS) is 20.5. The molecule has 0 radical (unpaired) electrons. The second-order valence-electron chi connectivity index (χ2n) is 9.63. The first-order chi connectivity index (χ1) is 14.6. The van der Waals surface area contributed by atoms with E-state index in [1.807, 2.05) is 50.5 Å². The van der Waals surface area contributed by atoms with Crippen molar-refractivity contribution in [1.29, 1.82) is 0 Å². The maximum absolute atomic E-state index is 13.1. The van der Waals surface area contributed by atoms with E-state index >= 15 is 0 Å². The van der Waals surface area contributed by atoms with E-state index in [4.69, 9.17) is 4.98 Å². The molecule has 2 aromatic rings. The van der Waals surface area contributed by atoms with Crippen molar-refractivity contribution in [1.82, 2.24) is 24.8 Å². The van der Waals surface area contributed by atoms with E-state index in [0.29, 0.717) is 18.9 Å². The van der Waals surface area contributed by atoms with Gasteiger partial charge in [0.15, 0.2) is 0 Å². The fourth-order valence-corrected chi connectivity index (χ4v) is 5.74. The topological polar surface area (TPSA) is 79.3 Å². The van der Waals surface area contributed by atoms with E-state index in [-0.39, 0.29) is 23.3 Å². The van der Waals surface area contributed by atoms with Gasteiger partial charge in [-0.05, 0) is 53.5 Å². The molecule has 7 nitrogen and oxygen atoms in total. The highest BCUT2D eigenvalue weighted by atomic mass is 32.1. The number of rotatable bonds is 3. The third-order valence-electron chi connectivity index (χ3n) is 6.26. The van der Waals surface area contributed by atoms with Gasteiger partial charge in [0, 0.05) is 43.7 Å². The highest BCUT2D eigenvalue weighted by Gasteiger charge is 2.41. The average Bonchev–Trinajstić information content (AvgIpc) is 3.30. The van der Waals surface area contributed by atoms with Crippen LogP contribution in [-0.4, -0.2) is 61.7 Å². The summed E-state index contributed by atoms with van der Waals surface area (Å²) in [4.78, 5) is 43.9. The van der Waals surface area contributed by atoms with Crippen molar-refractivity contribution in [3.8, 4) is 10.6 Å². The Hall–Kier alpha value is -2.35. The van der Waals surface area contributed by atoms with E-state index in [0.717, 1.165) is 53.0 Å². The lowest BCUT2D eigenvalue weighted by Gasteiger charge is -2.34. The molecule has 1 unspecified atom stereocenters. The summed E-state index contributed by atoms with van der Waals surface area (Å²) in [5, 5.41) is 1.13. The van der Waals surface area contributed by atoms with Crippen LogP contribution in [0.15, 0.2) is 12.3 Å². The lowest BCUT2D eigenvalue weighted by molar-refractivity contribution is -0.136. The molecule has 2 aromatic heterocycles. The molecule has 0 N–H and O–H groups in total. The molecule has 2 saturated heterocycles. The number of hydrogen-bond acceptors (Lipinski definition) is 6. The summed E-state index contributed by atoms with van der Waals surface area (Å²) in [6, 6.07) is 1.93. The van der Waals surface area contributed by atoms with Gasteiger partial charge in [0.25, 0.3) is 0 Å². The van der Waals surface area contributed by atoms with Gasteiger partial charge in [-0.25, -0.2) is 15.0 Å². The Morgan fingerprint density at radius 2 is 1.87 bits per heavy atom. The van der Waals surface area contributed by atoms with Crippen LogP contribution in [0.4, 0.5) is 0 Å². The summed E-state index contributed by atoms with van der Waals surface area (Å²) in [5.41, 5.74) is 1.70. The standard InChI is InChI=1S/C23H31N5O2S/c1-14-20(18-6-9-24-15(2)26-18)31-21(25-14)16-7-10-27(11-8-16)22(30)17-12-19(29)28(13-17)23(3,4)5/h6,9,16-17H,7-8,10-13H2,1-5H3. The summed E-state index contributed by atoms with van der Waals surface area (Å²) >= 11 is 1.71. The SMILES string of the molecule is Cc1nccc(-c2sc(C3CCN(C(=O)C4CC(=O)N(C(C)(C)C)C4)CC3)nc2C)n1. The zero-order valence-electron chi connectivity index (χ0n) is 19.0. The number of nitrogens with zero attached hydrogens (tertiary/aromatic N) is 5. The van der Waals surface area contributed by atoms with Gasteiger partial charge in [-0.15, -0.1) is 11.3 Å². The number of piperidine rings is 1. The molecule has 2 aliphatic heterocycles. The first-order valence-corrected chi connectivity index (χ1v) is 11.8. The van der Waals surface area contributed by atoms with Crippen LogP contribution in [0.1, 0.15) is 62.5 Å². The fourth-order valence-electron chi connectivity index (χ4n) is 4.54. The second-order valence-corrected chi connectivity index (χ2v) is 10.7. The largest absolute Gasteiger partial charge is 0.342 e. The molecule has 2 fully saturated rings. The van der Waals surface area contributed by atoms with Crippen LogP contribution >= 0.6 is 11.3 Å². The van der Waals surface area contributed by atoms with Crippen molar-refractivity contribution in [2.45, 2.75) is 65.3 Å². The lowest BCUT2D eigenvalue weighted by Crippen LogP contribution is -2.45. The second kappa shape index (κ2) is 8.30. The van der Waals surface area contributed by atoms with Gasteiger partial charge in [-0.1, -0.05) is 0 Å². The number of carbonyl (C=O) groups is 2. The zero-order chi connectivity index (χ0) is 22.3. The van der Waals surface area contributed by atoms with Crippen molar-refractivity contribution in [2.24, 2.45) is 5.92 Å². The number of amides is 2. The minimum absolute atomic E-state index is 0.0893. The summed E-state index contributed by atoms with van der Waals surface area (Å²) in [5.74, 6) is 1.13. The number of thiazole rings is 1. The highest BCUT2D eigenvalue weighted by Crippen LogP contribution is 2.37. The van der Waals surface area contributed by atoms with E-state index in [1.165, 1.54) is 0 Å². The zero-order valence-corrected chi connectivity index (χ0v) is 19.8. The number of aromatic nitrogens is 3. The van der Waals surface area contributed by atoms with Gasteiger partial charge in [0.2, 0.25) is 11.8 Å². The monoisotopic (exact) mass is 441 g/mol. The Labute approximate surface area is 187 Å². The highest BCUT2D eigenvalue weighted by molar-refractivity contribution is 7.15. The molecule has 31 heavy (non-hydrogen) atoms. The Balaban J connectivity index is 1.39. The molecular weight excluding hydrogens is 410 g/mol. The minimum atomic E-state index is -0.234. The molecular formula is C23H31N5O2S. The molecule has 1 atom stereocenters. The fraction of sp³-hybridized carbons (Fsp3) is 0.609. The van der Waals surface area contributed by atoms with Crippen LogP contribution in [0.3, 0.4) is 0 Å². The van der Waals surface area contributed by atoms with Crippen LogP contribution in [0.5, 0.6) is 0 Å². The summed E-state index contributed by atoms with van der Waals surface area (Å²) in [7, 11) is 0. The predicted molar refractivity (Wildman–Crippen MR) is 121 cm³/mol. The molecule has 4 rings (SSSR count). The maximum Gasteiger partial charge on any atom is 0.227 e. The summed E-state index contributed by atoms with van der Waals surface area (Å²) < 4.78 is 0. The molecule has 0 saturated carbocycles. The smallest absolute Gasteiger partial charge is 0.227 e. The predicted octanol–water partition coefficient (Wildman–Crippen LogP) is 3.57. The van der Waals surface area contributed by atoms with E-state index in [2.05, 4.69) is 9.97 Å². The molecule has 2 aliphatic rings. The molecule has 2 amide bonds. The Bertz CT molecular complexity index is 988. The number of hydrogen-bond donors (Lipinski definition) is 0. The van der Waals surface area contributed by atoms with Crippen molar-refractivity contribution < 1.29 is 9.59 Å². The summed E-state index contributed by atoms with van der Waals surface area (Å²) in [6.07, 6.45) is 3.94. The quantitative estimate of drug-likeness (QED) is 0.728. The van der Waals surface area contributed by atoms with Crippen LogP contribution in [0, 0.1) is 19.8 Å². The number of aryl methyl sites for hydroxylation is 2. The first kappa shape index (κ1) is 21.9. The van der Waals surface area contributed by atoms with Crippen molar-refractivity contribution in [3.05, 3.63) is 28.8 Å². The van der Waals surface area contributed by atoms with Gasteiger partial charge in [-0.2, -0.15) is 0 Å². The van der Waals surface area contributed by atoms with Gasteiger partial charge < -0.3 is 9.80 Å². The average molecular weight is 442 g/mol. The number of carbonyl (C=O) groups excluding carboxylic acids is 2.